The molecule has 1 aliphatic rings. The van der Waals surface area contributed by atoms with Crippen LogP contribution < -0.4 is 4.74 Å². The van der Waals surface area contributed by atoms with Gasteiger partial charge in [-0.3, -0.25) is 14.7 Å². The van der Waals surface area contributed by atoms with Gasteiger partial charge in [-0.1, -0.05) is 11.8 Å². The molecule has 4 rings (SSSR count). The summed E-state index contributed by atoms with van der Waals surface area (Å²) in [6.45, 7) is 1.02. The second kappa shape index (κ2) is 12.4. The number of methoxy groups -OCH3 is 1. The predicted molar refractivity (Wildman–Crippen MR) is 135 cm³/mol. The fourth-order valence-corrected chi connectivity index (χ4v) is 5.15. The van der Waals surface area contributed by atoms with Gasteiger partial charge in [-0.15, -0.1) is 0 Å². The number of aromatic nitrogens is 1. The molecule has 10 heteroatoms. The highest BCUT2D eigenvalue weighted by molar-refractivity contribution is 5.84. The van der Waals surface area contributed by atoms with Gasteiger partial charge in [-0.25, -0.2) is 22.0 Å². The maximum absolute atomic E-state index is 15.5. The number of hydrogen-bond acceptors (Lipinski definition) is 4. The summed E-state index contributed by atoms with van der Waals surface area (Å²) in [6.07, 6.45) is 0.131. The third kappa shape index (κ3) is 6.84. The topological polar surface area (TPSA) is 62.7 Å². The van der Waals surface area contributed by atoms with E-state index in [1.807, 2.05) is 4.90 Å². The average molecular weight is 547 g/mol. The number of rotatable bonds is 8. The van der Waals surface area contributed by atoms with Crippen molar-refractivity contribution in [3.05, 3.63) is 70.9 Å². The molecule has 1 fully saturated rings. The van der Waals surface area contributed by atoms with Crippen LogP contribution in [0.5, 0.6) is 5.75 Å². The van der Waals surface area contributed by atoms with Gasteiger partial charge in [0.2, 0.25) is 0 Å². The number of nitrogens with zero attached hydrogens (tertiary/aromatic N) is 2. The van der Waals surface area contributed by atoms with Crippen molar-refractivity contribution in [2.45, 2.75) is 31.9 Å². The van der Waals surface area contributed by atoms with E-state index in [4.69, 9.17) is 4.74 Å². The zero-order chi connectivity index (χ0) is 28.1. The maximum Gasteiger partial charge on any atom is 0.303 e. The Balaban J connectivity index is 1.43. The quantitative estimate of drug-likeness (QED) is 0.212. The molecule has 1 N–H and O–H groups in total. The molecule has 5 nitrogen and oxygen atoms in total. The van der Waals surface area contributed by atoms with Gasteiger partial charge < -0.3 is 9.84 Å². The van der Waals surface area contributed by atoms with Crippen molar-refractivity contribution >= 4 is 16.9 Å². The Labute approximate surface area is 222 Å². The van der Waals surface area contributed by atoms with Crippen molar-refractivity contribution in [1.29, 1.82) is 0 Å². The number of likely N-dealkylation sites (tertiary alicyclic amines) is 1. The fraction of sp³-hybridized carbons (Fsp3) is 0.379. The Morgan fingerprint density at radius 3 is 2.72 bits per heavy atom. The van der Waals surface area contributed by atoms with Crippen LogP contribution in [0, 0.1) is 46.9 Å². The second-order valence-electron chi connectivity index (χ2n) is 9.64. The number of ether oxygens (including phenoxy) is 1. The summed E-state index contributed by atoms with van der Waals surface area (Å²) in [5.41, 5.74) is -0.0526. The largest absolute Gasteiger partial charge is 0.497 e. The van der Waals surface area contributed by atoms with Crippen LogP contribution in [0.15, 0.2) is 36.5 Å². The zero-order valence-corrected chi connectivity index (χ0v) is 21.2. The Morgan fingerprint density at radius 2 is 1.97 bits per heavy atom. The molecule has 3 atom stereocenters. The first-order valence-corrected chi connectivity index (χ1v) is 12.5. The maximum atomic E-state index is 15.5. The Morgan fingerprint density at radius 1 is 1.18 bits per heavy atom. The van der Waals surface area contributed by atoms with E-state index >= 15 is 4.39 Å². The van der Waals surface area contributed by atoms with Crippen LogP contribution in [0.3, 0.4) is 0 Å². The lowest BCUT2D eigenvalue weighted by molar-refractivity contribution is -0.139. The molecular formula is C29H27F5N2O3. The standard InChI is InChI=1S/C29H27F5N2O3/c1-39-21-5-7-26-22(14-21)28(25(33)15-35-26)23(31)6-4-17-8-10-36(16-19(17)12-27(37)38)9-2-3-18-11-20(30)13-24(32)29(18)34/h5,7,11,13-15,17,19,23H,4,6,8-10,12,16H2,1H3,(H,37,38)/t17-,19-,23+/m1/s1. The Kier molecular flexibility index (Phi) is 9.02. The number of aliphatic carboxylic acids is 1. The molecule has 206 valence electrons. The summed E-state index contributed by atoms with van der Waals surface area (Å²) >= 11 is 0. The molecule has 0 radical (unpaired) electrons. The number of carboxylic acids is 1. The highest BCUT2D eigenvalue weighted by Crippen LogP contribution is 2.37. The van der Waals surface area contributed by atoms with Crippen molar-refractivity contribution in [2.75, 3.05) is 26.7 Å². The zero-order valence-electron chi connectivity index (χ0n) is 21.2. The van der Waals surface area contributed by atoms with E-state index in [1.165, 1.54) is 7.11 Å². The fourth-order valence-electron chi connectivity index (χ4n) is 5.15. The minimum atomic E-state index is -1.63. The number of benzene rings is 2. The van der Waals surface area contributed by atoms with Crippen LogP contribution in [0.25, 0.3) is 10.9 Å². The van der Waals surface area contributed by atoms with Gasteiger partial charge in [0.05, 0.1) is 30.9 Å². The first-order chi connectivity index (χ1) is 18.7. The molecule has 2 heterocycles. The molecule has 1 aromatic heterocycles. The Hall–Kier alpha value is -3.71. The summed E-state index contributed by atoms with van der Waals surface area (Å²) in [7, 11) is 1.46. The van der Waals surface area contributed by atoms with Gasteiger partial charge in [0.1, 0.15) is 23.6 Å². The molecule has 0 unspecified atom stereocenters. The summed E-state index contributed by atoms with van der Waals surface area (Å²) in [4.78, 5) is 17.4. The molecule has 0 saturated carbocycles. The van der Waals surface area contributed by atoms with Gasteiger partial charge in [-0.05, 0) is 61.9 Å². The SMILES string of the molecule is COc1ccc2ncc(F)c([C@@H](F)CC[C@@H]3CCN(CC#Cc4cc(F)cc(F)c4F)C[C@H]3CC(=O)O)c2c1. The van der Waals surface area contributed by atoms with Gasteiger partial charge >= 0.3 is 5.97 Å². The van der Waals surface area contributed by atoms with Gasteiger partial charge in [0.25, 0.3) is 0 Å². The number of carbonyl (C=O) groups is 1. The molecule has 0 bridgehead atoms. The van der Waals surface area contributed by atoms with Gasteiger partial charge in [0, 0.05) is 30.0 Å². The van der Waals surface area contributed by atoms with E-state index < -0.39 is 41.0 Å². The molecule has 1 aliphatic heterocycles. The van der Waals surface area contributed by atoms with Crippen molar-refractivity contribution in [3.63, 3.8) is 0 Å². The second-order valence-corrected chi connectivity index (χ2v) is 9.64. The van der Waals surface area contributed by atoms with Crippen molar-refractivity contribution in [1.82, 2.24) is 9.88 Å². The van der Waals surface area contributed by atoms with Crippen molar-refractivity contribution in [2.24, 2.45) is 11.8 Å². The molecule has 0 spiro atoms. The summed E-state index contributed by atoms with van der Waals surface area (Å²) in [6, 6.07) is 6.08. The van der Waals surface area contributed by atoms with E-state index in [0.29, 0.717) is 48.6 Å². The van der Waals surface area contributed by atoms with Crippen LogP contribution >= 0.6 is 0 Å². The average Bonchev–Trinajstić information content (AvgIpc) is 2.90. The highest BCUT2D eigenvalue weighted by Gasteiger charge is 2.31. The smallest absolute Gasteiger partial charge is 0.303 e. The third-order valence-corrected chi connectivity index (χ3v) is 7.10. The number of pyridine rings is 1. The minimum absolute atomic E-state index is 0.00174. The molecular weight excluding hydrogens is 519 g/mol. The van der Waals surface area contributed by atoms with E-state index in [0.717, 1.165) is 12.3 Å². The molecule has 0 amide bonds. The van der Waals surface area contributed by atoms with Crippen LogP contribution in [0.4, 0.5) is 22.0 Å². The molecule has 3 aromatic rings. The number of halogens is 5. The lowest BCUT2D eigenvalue weighted by Crippen LogP contribution is -2.41. The van der Waals surface area contributed by atoms with Crippen molar-refractivity contribution < 1.29 is 36.6 Å². The van der Waals surface area contributed by atoms with Crippen LogP contribution in [0.2, 0.25) is 0 Å². The molecule has 0 aliphatic carbocycles. The number of piperidine rings is 1. The van der Waals surface area contributed by atoms with Gasteiger partial charge in [-0.2, -0.15) is 0 Å². The minimum Gasteiger partial charge on any atom is -0.497 e. The van der Waals surface area contributed by atoms with E-state index in [1.54, 1.807) is 18.2 Å². The normalized spacial score (nSPS) is 18.4. The predicted octanol–water partition coefficient (Wildman–Crippen LogP) is 6.06. The summed E-state index contributed by atoms with van der Waals surface area (Å²) in [5.74, 6) is -0.104. The summed E-state index contributed by atoms with van der Waals surface area (Å²) < 4.78 is 75.9. The van der Waals surface area contributed by atoms with Crippen LogP contribution in [-0.4, -0.2) is 47.7 Å². The Bertz CT molecular complexity index is 1420. The van der Waals surface area contributed by atoms with E-state index in [9.17, 15) is 27.5 Å². The monoisotopic (exact) mass is 546 g/mol. The number of carboxylic acid groups (broad SMARTS) is 1. The van der Waals surface area contributed by atoms with Crippen molar-refractivity contribution in [3.8, 4) is 17.6 Å². The molecule has 1 saturated heterocycles. The lowest BCUT2D eigenvalue weighted by atomic mass is 9.79. The van der Waals surface area contributed by atoms with Gasteiger partial charge in [0.15, 0.2) is 11.6 Å². The highest BCUT2D eigenvalue weighted by atomic mass is 19.2. The lowest BCUT2D eigenvalue weighted by Gasteiger charge is -2.37. The molecule has 39 heavy (non-hydrogen) atoms. The molecule has 2 aromatic carbocycles. The first-order valence-electron chi connectivity index (χ1n) is 12.5. The number of alkyl halides is 1. The van der Waals surface area contributed by atoms with E-state index in [-0.39, 0.29) is 36.8 Å². The van der Waals surface area contributed by atoms with Crippen LogP contribution in [0.1, 0.15) is 43.0 Å². The third-order valence-electron chi connectivity index (χ3n) is 7.10. The summed E-state index contributed by atoms with van der Waals surface area (Å²) in [5, 5.41) is 9.76. The van der Waals surface area contributed by atoms with Crippen LogP contribution in [-0.2, 0) is 4.79 Å². The number of fused-ring (bicyclic) bond motifs is 1. The van der Waals surface area contributed by atoms with E-state index in [2.05, 4.69) is 16.8 Å². The number of hydrogen-bond donors (Lipinski definition) is 1. The first kappa shape index (κ1) is 28.3.